The average molecular weight is 309 g/mol. The van der Waals surface area contributed by atoms with E-state index in [0.717, 1.165) is 5.39 Å². The van der Waals surface area contributed by atoms with E-state index in [2.05, 4.69) is 19.2 Å². The SMILES string of the molecule is CNC(C)C.O=Cc1ccc2ccc(S(=O)(=O)O)cc2c1. The Hall–Kier alpha value is -1.76. The number of nitrogens with one attached hydrogen (secondary N) is 1. The van der Waals surface area contributed by atoms with Crippen LogP contribution in [0.15, 0.2) is 41.3 Å². The Morgan fingerprint density at radius 3 is 2.14 bits per heavy atom. The monoisotopic (exact) mass is 309 g/mol. The molecule has 0 aromatic heterocycles. The normalized spacial score (nSPS) is 11.1. The minimum atomic E-state index is -4.20. The van der Waals surface area contributed by atoms with Gasteiger partial charge in [-0.25, -0.2) is 0 Å². The standard InChI is InChI=1S/C11H8O4S.C4H11N/c12-7-8-1-2-9-3-4-11(16(13,14)15)6-10(9)5-8;1-4(2)5-3/h1-7H,(H,13,14,15);4-5H,1-3H3. The number of rotatable bonds is 3. The molecule has 0 saturated carbocycles. The van der Waals surface area contributed by atoms with Crippen LogP contribution in [0.2, 0.25) is 0 Å². The molecule has 2 aromatic carbocycles. The molecule has 0 atom stereocenters. The quantitative estimate of drug-likeness (QED) is 0.672. The smallest absolute Gasteiger partial charge is 0.294 e. The van der Waals surface area contributed by atoms with Crippen LogP contribution in [0.4, 0.5) is 0 Å². The highest BCUT2D eigenvalue weighted by Crippen LogP contribution is 2.19. The fourth-order valence-corrected chi connectivity index (χ4v) is 1.99. The van der Waals surface area contributed by atoms with Gasteiger partial charge >= 0.3 is 0 Å². The molecule has 6 heteroatoms. The van der Waals surface area contributed by atoms with E-state index in [1.54, 1.807) is 24.3 Å². The van der Waals surface area contributed by atoms with Crippen molar-refractivity contribution in [2.75, 3.05) is 7.05 Å². The van der Waals surface area contributed by atoms with Crippen LogP contribution in [0.5, 0.6) is 0 Å². The molecule has 2 N–H and O–H groups in total. The molecule has 21 heavy (non-hydrogen) atoms. The third-order valence-electron chi connectivity index (χ3n) is 2.85. The fraction of sp³-hybridized carbons (Fsp3) is 0.267. The molecular formula is C15H19NO4S. The number of fused-ring (bicyclic) bond motifs is 1. The van der Waals surface area contributed by atoms with Crippen molar-refractivity contribution < 1.29 is 17.8 Å². The molecule has 0 heterocycles. The number of hydrogen-bond donors (Lipinski definition) is 2. The number of benzene rings is 2. The van der Waals surface area contributed by atoms with Crippen molar-refractivity contribution in [3.05, 3.63) is 42.0 Å². The van der Waals surface area contributed by atoms with Gasteiger partial charge in [0.05, 0.1) is 4.90 Å². The molecule has 0 bridgehead atoms. The summed E-state index contributed by atoms with van der Waals surface area (Å²) in [6, 6.07) is 9.78. The van der Waals surface area contributed by atoms with Crippen molar-refractivity contribution in [1.29, 1.82) is 0 Å². The van der Waals surface area contributed by atoms with Gasteiger partial charge in [-0.05, 0) is 36.0 Å². The van der Waals surface area contributed by atoms with Crippen LogP contribution < -0.4 is 5.32 Å². The molecule has 0 aliphatic carbocycles. The van der Waals surface area contributed by atoms with Crippen molar-refractivity contribution in [3.8, 4) is 0 Å². The summed E-state index contributed by atoms with van der Waals surface area (Å²) < 4.78 is 30.7. The Balaban J connectivity index is 0.000000383. The zero-order valence-electron chi connectivity index (χ0n) is 12.2. The van der Waals surface area contributed by atoms with Gasteiger partial charge in [0.2, 0.25) is 0 Å². The Kier molecular flexibility index (Phi) is 6.02. The molecule has 0 unspecified atom stereocenters. The number of hydrogen-bond acceptors (Lipinski definition) is 4. The minimum Gasteiger partial charge on any atom is -0.318 e. The zero-order chi connectivity index (χ0) is 16.0. The highest BCUT2D eigenvalue weighted by atomic mass is 32.2. The van der Waals surface area contributed by atoms with Crippen LogP contribution in [0, 0.1) is 0 Å². The van der Waals surface area contributed by atoms with Crippen LogP contribution in [0.1, 0.15) is 24.2 Å². The summed E-state index contributed by atoms with van der Waals surface area (Å²) >= 11 is 0. The molecule has 0 radical (unpaired) electrons. The van der Waals surface area contributed by atoms with Crippen molar-refractivity contribution in [2.24, 2.45) is 0 Å². The van der Waals surface area contributed by atoms with E-state index in [9.17, 15) is 13.2 Å². The fourth-order valence-electron chi connectivity index (χ4n) is 1.48. The summed E-state index contributed by atoms with van der Waals surface area (Å²) in [5, 5.41) is 4.43. The van der Waals surface area contributed by atoms with Gasteiger partial charge in [-0.2, -0.15) is 8.42 Å². The van der Waals surface area contributed by atoms with Crippen LogP contribution in [-0.4, -0.2) is 32.3 Å². The van der Waals surface area contributed by atoms with Crippen LogP contribution >= 0.6 is 0 Å². The zero-order valence-corrected chi connectivity index (χ0v) is 13.0. The molecule has 0 aliphatic heterocycles. The Morgan fingerprint density at radius 1 is 1.10 bits per heavy atom. The predicted octanol–water partition coefficient (Wildman–Crippen LogP) is 2.51. The average Bonchev–Trinajstić information content (AvgIpc) is 2.45. The maximum atomic E-state index is 10.9. The maximum Gasteiger partial charge on any atom is 0.294 e. The van der Waals surface area contributed by atoms with Gasteiger partial charge in [-0.3, -0.25) is 9.35 Å². The summed E-state index contributed by atoms with van der Waals surface area (Å²) in [6.45, 7) is 4.22. The first-order chi connectivity index (χ1) is 9.77. The largest absolute Gasteiger partial charge is 0.318 e. The minimum absolute atomic E-state index is 0.178. The number of carbonyl (C=O) groups excluding carboxylic acids is 1. The lowest BCUT2D eigenvalue weighted by Crippen LogP contribution is -2.15. The first-order valence-corrected chi connectivity index (χ1v) is 7.85. The van der Waals surface area contributed by atoms with E-state index < -0.39 is 10.1 Å². The topological polar surface area (TPSA) is 83.5 Å². The van der Waals surface area contributed by atoms with Gasteiger partial charge in [0.25, 0.3) is 10.1 Å². The lowest BCUT2D eigenvalue weighted by Gasteiger charge is -2.01. The summed E-state index contributed by atoms with van der Waals surface area (Å²) in [7, 11) is -2.25. The van der Waals surface area contributed by atoms with Crippen LogP contribution in [0.25, 0.3) is 10.8 Å². The predicted molar refractivity (Wildman–Crippen MR) is 83.3 cm³/mol. The van der Waals surface area contributed by atoms with Gasteiger partial charge in [-0.15, -0.1) is 0 Å². The third kappa shape index (κ3) is 5.26. The number of aldehydes is 1. The van der Waals surface area contributed by atoms with E-state index >= 15 is 0 Å². The summed E-state index contributed by atoms with van der Waals surface area (Å²) in [6.07, 6.45) is 0.680. The first-order valence-electron chi connectivity index (χ1n) is 6.41. The molecule has 114 valence electrons. The van der Waals surface area contributed by atoms with Gasteiger partial charge in [0, 0.05) is 11.6 Å². The van der Waals surface area contributed by atoms with Crippen LogP contribution in [0.3, 0.4) is 0 Å². The van der Waals surface area contributed by atoms with Crippen molar-refractivity contribution in [3.63, 3.8) is 0 Å². The molecule has 0 aliphatic rings. The lowest BCUT2D eigenvalue weighted by molar-refractivity contribution is 0.112. The molecular weight excluding hydrogens is 290 g/mol. The van der Waals surface area contributed by atoms with Crippen molar-refractivity contribution in [1.82, 2.24) is 5.32 Å². The molecule has 2 rings (SSSR count). The van der Waals surface area contributed by atoms with Crippen molar-refractivity contribution >= 4 is 27.2 Å². The summed E-state index contributed by atoms with van der Waals surface area (Å²) in [4.78, 5) is 10.4. The highest BCUT2D eigenvalue weighted by Gasteiger charge is 2.09. The van der Waals surface area contributed by atoms with E-state index in [0.29, 0.717) is 23.3 Å². The molecule has 0 spiro atoms. The number of carbonyl (C=O) groups is 1. The van der Waals surface area contributed by atoms with Crippen molar-refractivity contribution in [2.45, 2.75) is 24.8 Å². The molecule has 0 saturated heterocycles. The van der Waals surface area contributed by atoms with E-state index in [-0.39, 0.29) is 4.90 Å². The lowest BCUT2D eigenvalue weighted by atomic mass is 10.1. The summed E-state index contributed by atoms with van der Waals surface area (Å²) in [5.74, 6) is 0. The van der Waals surface area contributed by atoms with E-state index in [4.69, 9.17) is 4.55 Å². The van der Waals surface area contributed by atoms with Gasteiger partial charge < -0.3 is 5.32 Å². The van der Waals surface area contributed by atoms with Gasteiger partial charge in [0.15, 0.2) is 0 Å². The molecule has 0 fully saturated rings. The Morgan fingerprint density at radius 2 is 1.67 bits per heavy atom. The van der Waals surface area contributed by atoms with Gasteiger partial charge in [-0.1, -0.05) is 32.0 Å². The summed E-state index contributed by atoms with van der Waals surface area (Å²) in [5.41, 5.74) is 0.458. The second-order valence-electron chi connectivity index (χ2n) is 4.80. The Bertz CT molecular complexity index is 724. The third-order valence-corrected chi connectivity index (χ3v) is 3.70. The molecule has 2 aromatic rings. The van der Waals surface area contributed by atoms with Gasteiger partial charge in [0.1, 0.15) is 6.29 Å². The van der Waals surface area contributed by atoms with E-state index in [1.165, 1.54) is 12.1 Å². The van der Waals surface area contributed by atoms with Crippen LogP contribution in [-0.2, 0) is 10.1 Å². The maximum absolute atomic E-state index is 10.9. The molecule has 0 amide bonds. The second-order valence-corrected chi connectivity index (χ2v) is 6.23. The van der Waals surface area contributed by atoms with E-state index in [1.807, 2.05) is 7.05 Å². The molecule has 5 nitrogen and oxygen atoms in total. The Labute approximate surface area is 124 Å². The second kappa shape index (κ2) is 7.31. The highest BCUT2D eigenvalue weighted by molar-refractivity contribution is 7.85. The first kappa shape index (κ1) is 17.3.